The monoisotopic (exact) mass is 370 g/mol. The number of hydrogen-bond donors (Lipinski definition) is 0. The minimum absolute atomic E-state index is 0.0651. The Balaban J connectivity index is 1.23. The maximum Gasteiger partial charge on any atom is 0.118 e. The zero-order valence-corrected chi connectivity index (χ0v) is 16.2. The second kappa shape index (κ2) is 8.55. The Morgan fingerprint density at radius 1 is 1.19 bits per heavy atom. The van der Waals surface area contributed by atoms with Crippen molar-refractivity contribution in [3.05, 3.63) is 53.7 Å². The van der Waals surface area contributed by atoms with Crippen LogP contribution in [0.1, 0.15) is 42.8 Å². The smallest absolute Gasteiger partial charge is 0.118 e. The molecule has 2 saturated heterocycles. The van der Waals surface area contributed by atoms with E-state index in [-0.39, 0.29) is 5.60 Å². The van der Waals surface area contributed by atoms with Crippen molar-refractivity contribution in [2.24, 2.45) is 5.92 Å². The van der Waals surface area contributed by atoms with Crippen LogP contribution < -0.4 is 0 Å². The van der Waals surface area contributed by atoms with Crippen LogP contribution in [0.15, 0.2) is 41.1 Å². The Hall–Kier alpha value is -1.69. The van der Waals surface area contributed by atoms with Crippen molar-refractivity contribution in [2.45, 2.75) is 51.4 Å². The van der Waals surface area contributed by atoms with Crippen LogP contribution in [-0.2, 0) is 22.6 Å². The fourth-order valence-corrected chi connectivity index (χ4v) is 4.52. The molecule has 146 valence electrons. The molecule has 2 aliphatic heterocycles. The minimum Gasteiger partial charge on any atom is -0.465 e. The highest BCUT2D eigenvalue weighted by atomic mass is 16.5. The standard InChI is InChI=1S/C22H30N2O3/c1-18-2-3-21(27-18)16-24-12-8-22(9-13-24)20(7-15-26-22)6-14-25-17-19-4-10-23-11-5-19/h2-5,10-11,20H,6-9,12-17H2,1H3. The number of nitrogens with zero attached hydrogens (tertiary/aromatic N) is 2. The molecule has 0 N–H and O–H groups in total. The zero-order valence-electron chi connectivity index (χ0n) is 16.2. The van der Waals surface area contributed by atoms with Crippen LogP contribution in [-0.4, -0.2) is 41.8 Å². The van der Waals surface area contributed by atoms with E-state index < -0.39 is 0 Å². The maximum absolute atomic E-state index is 6.30. The predicted molar refractivity (Wildman–Crippen MR) is 103 cm³/mol. The van der Waals surface area contributed by atoms with E-state index in [1.807, 2.05) is 37.5 Å². The first-order chi connectivity index (χ1) is 13.2. The summed E-state index contributed by atoms with van der Waals surface area (Å²) in [6, 6.07) is 8.16. The molecule has 2 fully saturated rings. The van der Waals surface area contributed by atoms with Gasteiger partial charge in [-0.2, -0.15) is 0 Å². The highest BCUT2D eigenvalue weighted by molar-refractivity contribution is 5.08. The molecular weight excluding hydrogens is 340 g/mol. The second-order valence-corrected chi connectivity index (χ2v) is 7.88. The number of hydrogen-bond acceptors (Lipinski definition) is 5. The summed E-state index contributed by atoms with van der Waals surface area (Å²) in [5.74, 6) is 2.67. The van der Waals surface area contributed by atoms with Crippen LogP contribution in [0.4, 0.5) is 0 Å². The van der Waals surface area contributed by atoms with Crippen molar-refractivity contribution >= 4 is 0 Å². The first-order valence-electron chi connectivity index (χ1n) is 10.1. The van der Waals surface area contributed by atoms with Crippen LogP contribution in [0, 0.1) is 12.8 Å². The van der Waals surface area contributed by atoms with Gasteiger partial charge in [0, 0.05) is 38.7 Å². The molecule has 27 heavy (non-hydrogen) atoms. The zero-order chi connectivity index (χ0) is 18.5. The van der Waals surface area contributed by atoms with E-state index >= 15 is 0 Å². The minimum atomic E-state index is 0.0651. The van der Waals surface area contributed by atoms with Crippen molar-refractivity contribution in [3.8, 4) is 0 Å². The Morgan fingerprint density at radius 3 is 2.74 bits per heavy atom. The van der Waals surface area contributed by atoms with Crippen LogP contribution in [0.25, 0.3) is 0 Å². The van der Waals surface area contributed by atoms with E-state index in [0.29, 0.717) is 12.5 Å². The average Bonchev–Trinajstić information content (AvgIpc) is 3.28. The van der Waals surface area contributed by atoms with E-state index in [0.717, 1.165) is 70.1 Å². The molecule has 0 radical (unpaired) electrons. The van der Waals surface area contributed by atoms with E-state index in [2.05, 4.69) is 16.0 Å². The summed E-state index contributed by atoms with van der Waals surface area (Å²) >= 11 is 0. The lowest BCUT2D eigenvalue weighted by Crippen LogP contribution is -2.47. The van der Waals surface area contributed by atoms with Gasteiger partial charge in [-0.15, -0.1) is 0 Å². The molecule has 0 saturated carbocycles. The van der Waals surface area contributed by atoms with Crippen molar-refractivity contribution in [2.75, 3.05) is 26.3 Å². The highest BCUT2D eigenvalue weighted by Gasteiger charge is 2.45. The molecule has 0 amide bonds. The van der Waals surface area contributed by atoms with Gasteiger partial charge in [0.05, 0.1) is 18.8 Å². The van der Waals surface area contributed by atoms with E-state index in [9.17, 15) is 0 Å². The van der Waals surface area contributed by atoms with Gasteiger partial charge in [0.15, 0.2) is 0 Å². The molecule has 0 bridgehead atoms. The second-order valence-electron chi connectivity index (χ2n) is 7.88. The summed E-state index contributed by atoms with van der Waals surface area (Å²) in [4.78, 5) is 6.53. The van der Waals surface area contributed by atoms with Crippen LogP contribution in [0.2, 0.25) is 0 Å². The fraction of sp³-hybridized carbons (Fsp3) is 0.591. The lowest BCUT2D eigenvalue weighted by Gasteiger charge is -2.42. The van der Waals surface area contributed by atoms with Gasteiger partial charge in [0.25, 0.3) is 0 Å². The van der Waals surface area contributed by atoms with E-state index in [1.54, 1.807) is 0 Å². The summed E-state index contributed by atoms with van der Waals surface area (Å²) < 4.78 is 17.9. The largest absolute Gasteiger partial charge is 0.465 e. The van der Waals surface area contributed by atoms with Crippen LogP contribution in [0.5, 0.6) is 0 Å². The quantitative estimate of drug-likeness (QED) is 0.691. The molecule has 2 aromatic rings. The molecule has 5 heteroatoms. The fourth-order valence-electron chi connectivity index (χ4n) is 4.52. The van der Waals surface area contributed by atoms with Gasteiger partial charge in [-0.05, 0) is 68.4 Å². The topological polar surface area (TPSA) is 47.7 Å². The number of likely N-dealkylation sites (tertiary alicyclic amines) is 1. The summed E-state index contributed by atoms with van der Waals surface area (Å²) in [5.41, 5.74) is 1.25. The van der Waals surface area contributed by atoms with Crippen LogP contribution >= 0.6 is 0 Å². The molecule has 0 aromatic carbocycles. The number of piperidine rings is 1. The summed E-state index contributed by atoms with van der Waals surface area (Å²) in [7, 11) is 0. The molecule has 1 spiro atoms. The maximum atomic E-state index is 6.30. The van der Waals surface area contributed by atoms with E-state index in [1.165, 1.54) is 5.56 Å². The van der Waals surface area contributed by atoms with Gasteiger partial charge >= 0.3 is 0 Å². The molecule has 2 aromatic heterocycles. The molecule has 5 nitrogen and oxygen atoms in total. The molecule has 0 aliphatic carbocycles. The van der Waals surface area contributed by atoms with E-state index in [4.69, 9.17) is 13.9 Å². The van der Waals surface area contributed by atoms with Crippen molar-refractivity contribution in [1.29, 1.82) is 0 Å². The van der Waals surface area contributed by atoms with Gasteiger partial charge in [0.2, 0.25) is 0 Å². The lowest BCUT2D eigenvalue weighted by molar-refractivity contribution is -0.0740. The molecule has 4 rings (SSSR count). The first-order valence-corrected chi connectivity index (χ1v) is 10.1. The predicted octanol–water partition coefficient (Wildman–Crippen LogP) is 3.96. The lowest BCUT2D eigenvalue weighted by atomic mass is 9.78. The Bertz CT molecular complexity index is 707. The first kappa shape index (κ1) is 18.7. The average molecular weight is 370 g/mol. The van der Waals surface area contributed by atoms with Crippen molar-refractivity contribution in [3.63, 3.8) is 0 Å². The SMILES string of the molecule is Cc1ccc(CN2CCC3(CC2)OCCC3CCOCc2ccncc2)o1. The molecule has 1 unspecified atom stereocenters. The Labute approximate surface area is 161 Å². The van der Waals surface area contributed by atoms with Gasteiger partial charge in [-0.1, -0.05) is 0 Å². The summed E-state index contributed by atoms with van der Waals surface area (Å²) in [6.45, 7) is 7.42. The Kier molecular flexibility index (Phi) is 5.91. The molecule has 1 atom stereocenters. The number of furan rings is 1. The van der Waals surface area contributed by atoms with Crippen molar-refractivity contribution in [1.82, 2.24) is 9.88 Å². The summed E-state index contributed by atoms with van der Waals surface area (Å²) in [6.07, 6.45) is 8.11. The molecule has 4 heterocycles. The number of aromatic nitrogens is 1. The van der Waals surface area contributed by atoms with Gasteiger partial charge in [0.1, 0.15) is 11.5 Å². The normalized spacial score (nSPS) is 22.5. The third-order valence-electron chi connectivity index (χ3n) is 6.11. The van der Waals surface area contributed by atoms with Gasteiger partial charge in [-0.25, -0.2) is 0 Å². The van der Waals surface area contributed by atoms with Gasteiger partial charge < -0.3 is 13.9 Å². The van der Waals surface area contributed by atoms with Gasteiger partial charge in [-0.3, -0.25) is 9.88 Å². The van der Waals surface area contributed by atoms with Crippen molar-refractivity contribution < 1.29 is 13.9 Å². The summed E-state index contributed by atoms with van der Waals surface area (Å²) in [5, 5.41) is 0. The highest BCUT2D eigenvalue weighted by Crippen LogP contribution is 2.42. The third kappa shape index (κ3) is 4.60. The Morgan fingerprint density at radius 2 is 2.00 bits per heavy atom. The number of aryl methyl sites for hydroxylation is 1. The number of ether oxygens (including phenoxy) is 2. The number of pyridine rings is 1. The molecular formula is C22H30N2O3. The number of rotatable bonds is 7. The van der Waals surface area contributed by atoms with Crippen LogP contribution in [0.3, 0.4) is 0 Å². The third-order valence-corrected chi connectivity index (χ3v) is 6.11. The molecule has 2 aliphatic rings.